The molecule has 1 aromatic carbocycles. The van der Waals surface area contributed by atoms with Gasteiger partial charge >= 0.3 is 5.97 Å². The van der Waals surface area contributed by atoms with Crippen LogP contribution >= 0.6 is 23.2 Å². The topological polar surface area (TPSA) is 74.7 Å². The lowest BCUT2D eigenvalue weighted by molar-refractivity contribution is -0.153. The second-order valence-electron chi connectivity index (χ2n) is 4.51. The summed E-state index contributed by atoms with van der Waals surface area (Å²) in [7, 11) is -3.92. The first-order valence-corrected chi connectivity index (χ1v) is 7.60. The Balaban J connectivity index is 2.47. The highest BCUT2D eigenvalue weighted by molar-refractivity contribution is 7.89. The molecule has 104 valence electrons. The second-order valence-corrected chi connectivity index (χ2v) is 7.25. The Morgan fingerprint density at radius 1 is 1.32 bits per heavy atom. The van der Waals surface area contributed by atoms with Crippen molar-refractivity contribution in [3.63, 3.8) is 0 Å². The van der Waals surface area contributed by atoms with E-state index in [1.165, 1.54) is 25.1 Å². The highest BCUT2D eigenvalue weighted by atomic mass is 35.5. The van der Waals surface area contributed by atoms with E-state index in [2.05, 4.69) is 0 Å². The van der Waals surface area contributed by atoms with Crippen LogP contribution in [0.15, 0.2) is 23.1 Å². The van der Waals surface area contributed by atoms with Crippen molar-refractivity contribution in [3.05, 3.63) is 28.2 Å². The summed E-state index contributed by atoms with van der Waals surface area (Å²) in [6.07, 6.45) is 0.274. The van der Waals surface area contributed by atoms with E-state index in [1.807, 2.05) is 0 Å². The van der Waals surface area contributed by atoms with Crippen molar-refractivity contribution < 1.29 is 18.3 Å². The van der Waals surface area contributed by atoms with Gasteiger partial charge in [0.15, 0.2) is 0 Å². The van der Waals surface area contributed by atoms with Gasteiger partial charge in [-0.25, -0.2) is 8.42 Å². The maximum atomic E-state index is 12.4. The molecule has 0 spiro atoms. The molecule has 1 aliphatic rings. The lowest BCUT2D eigenvalue weighted by atomic mass is 9.90. The van der Waals surface area contributed by atoms with Crippen molar-refractivity contribution in [1.82, 2.24) is 4.31 Å². The minimum Gasteiger partial charge on any atom is -0.480 e. The molecule has 1 N–H and O–H groups in total. The molecular weight excluding hydrogens is 313 g/mol. The highest BCUT2D eigenvalue weighted by Crippen LogP contribution is 2.37. The van der Waals surface area contributed by atoms with E-state index < -0.39 is 21.5 Å². The monoisotopic (exact) mass is 323 g/mol. The van der Waals surface area contributed by atoms with E-state index in [9.17, 15) is 13.2 Å². The molecule has 1 heterocycles. The molecule has 0 saturated carbocycles. The van der Waals surface area contributed by atoms with Gasteiger partial charge in [0, 0.05) is 16.6 Å². The van der Waals surface area contributed by atoms with Crippen LogP contribution in [0.3, 0.4) is 0 Å². The number of nitrogens with zero attached hydrogens (tertiary/aromatic N) is 1. The number of carbonyl (C=O) groups is 1. The van der Waals surface area contributed by atoms with E-state index in [1.54, 1.807) is 0 Å². The number of carboxylic acids is 1. The van der Waals surface area contributed by atoms with Gasteiger partial charge in [0.25, 0.3) is 0 Å². The minimum absolute atomic E-state index is 0.0998. The summed E-state index contributed by atoms with van der Waals surface area (Å²) in [4.78, 5) is 11.1. The van der Waals surface area contributed by atoms with Crippen LogP contribution in [0.25, 0.3) is 0 Å². The predicted octanol–water partition coefficient (Wildman–Crippen LogP) is 2.23. The number of benzene rings is 1. The first-order valence-electron chi connectivity index (χ1n) is 5.40. The fraction of sp³-hybridized carbons (Fsp3) is 0.364. The van der Waals surface area contributed by atoms with Crippen molar-refractivity contribution in [1.29, 1.82) is 0 Å². The number of hydrogen-bond acceptors (Lipinski definition) is 3. The molecule has 1 atom stereocenters. The third-order valence-corrected chi connectivity index (χ3v) is 5.67. The summed E-state index contributed by atoms with van der Waals surface area (Å²) in [5, 5.41) is 9.49. The zero-order valence-corrected chi connectivity index (χ0v) is 12.3. The third-order valence-electron chi connectivity index (χ3n) is 3.24. The highest BCUT2D eigenvalue weighted by Gasteiger charge is 2.53. The van der Waals surface area contributed by atoms with Crippen molar-refractivity contribution in [2.75, 3.05) is 6.54 Å². The summed E-state index contributed by atoms with van der Waals surface area (Å²) in [6, 6.07) is 3.92. The van der Waals surface area contributed by atoms with Gasteiger partial charge in [-0.15, -0.1) is 0 Å². The minimum atomic E-state index is -3.92. The van der Waals surface area contributed by atoms with E-state index >= 15 is 0 Å². The SMILES string of the molecule is C[C@]1(C(=O)O)CCN1S(=O)(=O)c1cc(Cl)cc(Cl)c1. The van der Waals surface area contributed by atoms with Crippen LogP contribution in [0.5, 0.6) is 0 Å². The van der Waals surface area contributed by atoms with E-state index in [0.29, 0.717) is 0 Å². The smallest absolute Gasteiger partial charge is 0.324 e. The Hall–Kier alpha value is -0.820. The van der Waals surface area contributed by atoms with E-state index in [0.717, 1.165) is 4.31 Å². The molecule has 1 saturated heterocycles. The fourth-order valence-corrected chi connectivity index (χ4v) is 4.44. The molecule has 2 rings (SSSR count). The number of rotatable bonds is 3. The van der Waals surface area contributed by atoms with Crippen LogP contribution in [0.2, 0.25) is 10.0 Å². The zero-order chi connectivity index (χ0) is 14.4. The first-order chi connectivity index (χ1) is 8.68. The summed E-state index contributed by atoms with van der Waals surface area (Å²) in [5.74, 6) is -1.17. The van der Waals surface area contributed by atoms with Gasteiger partial charge in [-0.05, 0) is 31.5 Å². The van der Waals surface area contributed by atoms with Gasteiger partial charge in [-0.3, -0.25) is 4.79 Å². The normalized spacial score (nSPS) is 23.9. The van der Waals surface area contributed by atoms with Crippen molar-refractivity contribution in [3.8, 4) is 0 Å². The number of hydrogen-bond donors (Lipinski definition) is 1. The average molecular weight is 324 g/mol. The van der Waals surface area contributed by atoms with E-state index in [4.69, 9.17) is 28.3 Å². The van der Waals surface area contributed by atoms with Crippen LogP contribution < -0.4 is 0 Å². The molecule has 0 amide bonds. The average Bonchev–Trinajstić information content (AvgIpc) is 2.24. The predicted molar refractivity (Wildman–Crippen MR) is 71.0 cm³/mol. The molecule has 0 aliphatic carbocycles. The van der Waals surface area contributed by atoms with Crippen LogP contribution in [-0.2, 0) is 14.8 Å². The van der Waals surface area contributed by atoms with Crippen molar-refractivity contribution in [2.24, 2.45) is 0 Å². The molecular formula is C11H11Cl2NO4S. The van der Waals surface area contributed by atoms with Gasteiger partial charge in [-0.2, -0.15) is 4.31 Å². The summed E-state index contributed by atoms with van der Waals surface area (Å²) < 4.78 is 25.7. The van der Waals surface area contributed by atoms with Gasteiger partial charge in [-0.1, -0.05) is 23.2 Å². The number of carboxylic acid groups (broad SMARTS) is 1. The Morgan fingerprint density at radius 3 is 2.21 bits per heavy atom. The molecule has 0 radical (unpaired) electrons. The van der Waals surface area contributed by atoms with Crippen LogP contribution in [-0.4, -0.2) is 35.9 Å². The zero-order valence-electron chi connectivity index (χ0n) is 9.93. The van der Waals surface area contributed by atoms with Crippen LogP contribution in [0.4, 0.5) is 0 Å². The Kier molecular flexibility index (Phi) is 3.55. The largest absolute Gasteiger partial charge is 0.480 e. The number of sulfonamides is 1. The molecule has 0 bridgehead atoms. The summed E-state index contributed by atoms with van der Waals surface area (Å²) in [6.45, 7) is 1.54. The third kappa shape index (κ3) is 2.33. The Bertz CT molecular complexity index is 626. The molecule has 1 aromatic rings. The molecule has 1 aliphatic heterocycles. The molecule has 1 fully saturated rings. The van der Waals surface area contributed by atoms with Gasteiger partial charge < -0.3 is 5.11 Å². The lowest BCUT2D eigenvalue weighted by Gasteiger charge is -2.45. The standard InChI is InChI=1S/C11H11Cl2NO4S/c1-11(10(15)16)2-3-14(11)19(17,18)9-5-7(12)4-8(13)6-9/h4-6H,2-3H2,1H3,(H,15,16)/t11-/m1/s1. The quantitative estimate of drug-likeness (QED) is 0.925. The molecule has 5 nitrogen and oxygen atoms in total. The number of aliphatic carboxylic acids is 1. The van der Waals surface area contributed by atoms with Crippen molar-refractivity contribution in [2.45, 2.75) is 23.8 Å². The second kappa shape index (κ2) is 4.63. The van der Waals surface area contributed by atoms with Crippen LogP contribution in [0, 0.1) is 0 Å². The Labute approximate surface area is 120 Å². The Morgan fingerprint density at radius 2 is 1.84 bits per heavy atom. The van der Waals surface area contributed by atoms with Gasteiger partial charge in [0.05, 0.1) is 4.90 Å². The van der Waals surface area contributed by atoms with Crippen molar-refractivity contribution >= 4 is 39.2 Å². The van der Waals surface area contributed by atoms with Gasteiger partial charge in [0.2, 0.25) is 10.0 Å². The maximum Gasteiger partial charge on any atom is 0.324 e. The van der Waals surface area contributed by atoms with Crippen LogP contribution in [0.1, 0.15) is 13.3 Å². The summed E-state index contributed by atoms with van der Waals surface area (Å²) in [5.41, 5.74) is -1.41. The van der Waals surface area contributed by atoms with E-state index in [-0.39, 0.29) is 27.9 Å². The number of halogens is 2. The molecule has 8 heteroatoms. The lowest BCUT2D eigenvalue weighted by Crippen LogP contribution is -2.64. The van der Waals surface area contributed by atoms with Gasteiger partial charge in [0.1, 0.15) is 5.54 Å². The summed E-state index contributed by atoms with van der Waals surface area (Å²) >= 11 is 11.5. The fourth-order valence-electron chi connectivity index (χ4n) is 1.94. The molecule has 0 unspecified atom stereocenters. The molecule has 19 heavy (non-hydrogen) atoms. The molecule has 0 aromatic heterocycles. The first kappa shape index (κ1) is 14.6. The maximum absolute atomic E-state index is 12.4.